The fourth-order valence-electron chi connectivity index (χ4n) is 4.02. The van der Waals surface area contributed by atoms with Crippen molar-refractivity contribution >= 4 is 33.2 Å². The first-order valence-electron chi connectivity index (χ1n) is 10.9. The number of ether oxygens (including phenoxy) is 1. The maximum absolute atomic E-state index is 13.4. The molecule has 1 aliphatic heterocycles. The Morgan fingerprint density at radius 2 is 1.97 bits per heavy atom. The molecule has 32 heavy (non-hydrogen) atoms. The summed E-state index contributed by atoms with van der Waals surface area (Å²) in [5.74, 6) is -0.0161. The number of fused-ring (bicyclic) bond motifs is 1. The molecule has 1 aliphatic carbocycles. The molecule has 4 rings (SSSR count). The molecular formula is C24H27ClN2O4S. The van der Waals surface area contributed by atoms with Gasteiger partial charge in [0, 0.05) is 11.6 Å². The van der Waals surface area contributed by atoms with Crippen LogP contribution in [0.1, 0.15) is 37.7 Å². The van der Waals surface area contributed by atoms with E-state index in [1.807, 2.05) is 6.92 Å². The molecule has 0 bridgehead atoms. The monoisotopic (exact) mass is 474 g/mol. The van der Waals surface area contributed by atoms with Crippen LogP contribution < -0.4 is 14.4 Å². The van der Waals surface area contributed by atoms with Gasteiger partial charge in [0.2, 0.25) is 0 Å². The number of allylic oxidation sites excluding steroid dienone is 1. The number of carbonyl (C=O) groups excluding carboxylic acids is 1. The number of halogens is 1. The first-order chi connectivity index (χ1) is 15.3. The second-order valence-electron chi connectivity index (χ2n) is 8.22. The Morgan fingerprint density at radius 3 is 2.69 bits per heavy atom. The molecule has 1 unspecified atom stereocenters. The van der Waals surface area contributed by atoms with Gasteiger partial charge in [-0.15, -0.1) is 0 Å². The minimum atomic E-state index is -3.91. The standard InChI is InChI=1S/C24H27ClN2O4S/c1-17-7-10-20(11-8-17)32(29,30)27-16-23(31-22-12-9-19(25)15-21(22)27)24(28)26-14-13-18-5-3-2-4-6-18/h5,7-12,15,23H,2-4,6,13-14,16H2,1H3,(H,26,28). The number of anilines is 1. The van der Waals surface area contributed by atoms with E-state index >= 15 is 0 Å². The fraction of sp³-hybridized carbons (Fsp3) is 0.375. The van der Waals surface area contributed by atoms with Crippen molar-refractivity contribution in [3.63, 3.8) is 0 Å². The number of amides is 1. The molecule has 2 aliphatic rings. The minimum absolute atomic E-state index is 0.127. The zero-order valence-corrected chi connectivity index (χ0v) is 19.6. The predicted octanol–water partition coefficient (Wildman–Crippen LogP) is 4.61. The summed E-state index contributed by atoms with van der Waals surface area (Å²) in [4.78, 5) is 13.0. The van der Waals surface area contributed by atoms with E-state index in [0.717, 1.165) is 24.8 Å². The van der Waals surface area contributed by atoms with Gasteiger partial charge in [0.15, 0.2) is 6.10 Å². The van der Waals surface area contributed by atoms with Crippen LogP contribution in [0, 0.1) is 6.92 Å². The summed E-state index contributed by atoms with van der Waals surface area (Å²) in [7, 11) is -3.91. The largest absolute Gasteiger partial charge is 0.476 e. The third-order valence-electron chi connectivity index (χ3n) is 5.82. The van der Waals surface area contributed by atoms with Crippen molar-refractivity contribution in [1.82, 2.24) is 5.32 Å². The quantitative estimate of drug-likeness (QED) is 0.620. The Balaban J connectivity index is 1.55. The molecule has 0 radical (unpaired) electrons. The summed E-state index contributed by atoms with van der Waals surface area (Å²) in [5.41, 5.74) is 2.65. The van der Waals surface area contributed by atoms with Gasteiger partial charge in [0.25, 0.3) is 15.9 Å². The zero-order valence-electron chi connectivity index (χ0n) is 18.0. The van der Waals surface area contributed by atoms with Crippen LogP contribution in [0.25, 0.3) is 0 Å². The number of aryl methyl sites for hydroxylation is 1. The highest BCUT2D eigenvalue weighted by atomic mass is 35.5. The molecule has 8 heteroatoms. The smallest absolute Gasteiger partial charge is 0.264 e. The Bertz CT molecular complexity index is 1130. The van der Waals surface area contributed by atoms with Gasteiger partial charge in [0.1, 0.15) is 5.75 Å². The molecule has 0 spiro atoms. The van der Waals surface area contributed by atoms with Crippen LogP contribution in [-0.2, 0) is 14.8 Å². The van der Waals surface area contributed by atoms with E-state index in [0.29, 0.717) is 23.0 Å². The van der Waals surface area contributed by atoms with E-state index in [9.17, 15) is 13.2 Å². The third kappa shape index (κ3) is 4.94. The highest BCUT2D eigenvalue weighted by Crippen LogP contribution is 2.38. The first kappa shape index (κ1) is 22.7. The second-order valence-corrected chi connectivity index (χ2v) is 10.5. The summed E-state index contributed by atoms with van der Waals surface area (Å²) in [5, 5.41) is 3.30. The third-order valence-corrected chi connectivity index (χ3v) is 7.85. The average Bonchev–Trinajstić information content (AvgIpc) is 2.79. The van der Waals surface area contributed by atoms with Crippen LogP contribution >= 0.6 is 11.6 Å². The maximum atomic E-state index is 13.4. The van der Waals surface area contributed by atoms with Crippen LogP contribution in [0.5, 0.6) is 5.75 Å². The Labute approximate surface area is 194 Å². The topological polar surface area (TPSA) is 75.7 Å². The molecule has 0 fully saturated rings. The van der Waals surface area contributed by atoms with Gasteiger partial charge in [-0.05, 0) is 69.4 Å². The van der Waals surface area contributed by atoms with Crippen LogP contribution in [0.4, 0.5) is 5.69 Å². The summed E-state index contributed by atoms with van der Waals surface area (Å²) in [6.45, 7) is 2.27. The van der Waals surface area contributed by atoms with Crippen LogP contribution in [0.2, 0.25) is 5.02 Å². The number of carbonyl (C=O) groups is 1. The van der Waals surface area contributed by atoms with E-state index < -0.39 is 16.1 Å². The van der Waals surface area contributed by atoms with Gasteiger partial charge < -0.3 is 10.1 Å². The number of rotatable bonds is 6. The van der Waals surface area contributed by atoms with E-state index in [1.54, 1.807) is 42.5 Å². The molecular weight excluding hydrogens is 448 g/mol. The summed E-state index contributed by atoms with van der Waals surface area (Å²) >= 11 is 6.14. The SMILES string of the molecule is Cc1ccc(S(=O)(=O)N2CC(C(=O)NCCC3=CCCCC3)Oc3ccc(Cl)cc32)cc1. The van der Waals surface area contributed by atoms with Gasteiger partial charge in [0.05, 0.1) is 17.1 Å². The molecule has 0 saturated heterocycles. The predicted molar refractivity (Wildman–Crippen MR) is 126 cm³/mol. The van der Waals surface area contributed by atoms with Gasteiger partial charge in [-0.1, -0.05) is 40.9 Å². The van der Waals surface area contributed by atoms with Crippen molar-refractivity contribution in [2.24, 2.45) is 0 Å². The van der Waals surface area contributed by atoms with Crippen LogP contribution in [0.3, 0.4) is 0 Å². The fourth-order valence-corrected chi connectivity index (χ4v) is 5.65. The van der Waals surface area contributed by atoms with Crippen molar-refractivity contribution in [1.29, 1.82) is 0 Å². The lowest BCUT2D eigenvalue weighted by atomic mass is 9.97. The van der Waals surface area contributed by atoms with Crippen LogP contribution in [0.15, 0.2) is 59.0 Å². The average molecular weight is 475 g/mol. The number of nitrogens with one attached hydrogen (secondary N) is 1. The lowest BCUT2D eigenvalue weighted by Gasteiger charge is -2.35. The lowest BCUT2D eigenvalue weighted by molar-refractivity contribution is -0.127. The van der Waals surface area contributed by atoms with E-state index in [-0.39, 0.29) is 17.3 Å². The molecule has 1 amide bonds. The molecule has 0 saturated carbocycles. The number of hydrogen-bond donors (Lipinski definition) is 1. The summed E-state index contributed by atoms with van der Waals surface area (Å²) in [6.07, 6.45) is 6.69. The number of hydrogen-bond acceptors (Lipinski definition) is 4. The second kappa shape index (κ2) is 9.55. The highest BCUT2D eigenvalue weighted by molar-refractivity contribution is 7.92. The minimum Gasteiger partial charge on any atom is -0.476 e. The highest BCUT2D eigenvalue weighted by Gasteiger charge is 2.37. The first-order valence-corrected chi connectivity index (χ1v) is 12.7. The van der Waals surface area contributed by atoms with E-state index in [4.69, 9.17) is 16.3 Å². The van der Waals surface area contributed by atoms with Crippen molar-refractivity contribution in [3.05, 3.63) is 64.7 Å². The van der Waals surface area contributed by atoms with E-state index in [2.05, 4.69) is 11.4 Å². The van der Waals surface area contributed by atoms with Gasteiger partial charge in [-0.25, -0.2) is 8.42 Å². The Kier molecular flexibility index (Phi) is 6.76. The van der Waals surface area contributed by atoms with Crippen molar-refractivity contribution in [3.8, 4) is 5.75 Å². The van der Waals surface area contributed by atoms with Crippen molar-refractivity contribution in [2.75, 3.05) is 17.4 Å². The van der Waals surface area contributed by atoms with Gasteiger partial charge in [-0.2, -0.15) is 0 Å². The van der Waals surface area contributed by atoms with Gasteiger partial charge >= 0.3 is 0 Å². The Morgan fingerprint density at radius 1 is 1.19 bits per heavy atom. The van der Waals surface area contributed by atoms with E-state index in [1.165, 1.54) is 22.7 Å². The molecule has 1 N–H and O–H groups in total. The number of nitrogens with zero attached hydrogens (tertiary/aromatic N) is 1. The number of benzene rings is 2. The maximum Gasteiger partial charge on any atom is 0.264 e. The van der Waals surface area contributed by atoms with Gasteiger partial charge in [-0.3, -0.25) is 9.10 Å². The zero-order chi connectivity index (χ0) is 22.7. The molecule has 6 nitrogen and oxygen atoms in total. The molecule has 170 valence electrons. The summed E-state index contributed by atoms with van der Waals surface area (Å²) in [6, 6.07) is 11.4. The summed E-state index contributed by atoms with van der Waals surface area (Å²) < 4.78 is 34.0. The molecule has 2 aromatic carbocycles. The van der Waals surface area contributed by atoms with Crippen molar-refractivity contribution < 1.29 is 17.9 Å². The molecule has 1 atom stereocenters. The molecule has 0 aromatic heterocycles. The Hall–Kier alpha value is -2.51. The lowest BCUT2D eigenvalue weighted by Crippen LogP contribution is -2.50. The molecule has 2 aromatic rings. The molecule has 1 heterocycles. The van der Waals surface area contributed by atoms with Crippen molar-refractivity contribution in [2.45, 2.75) is 50.0 Å². The number of sulfonamides is 1. The normalized spacial score (nSPS) is 18.4. The van der Waals surface area contributed by atoms with Crippen LogP contribution in [-0.4, -0.2) is 33.5 Å².